The minimum atomic E-state index is -0.465. The Morgan fingerprint density at radius 1 is 1.19 bits per heavy atom. The number of para-hydroxylation sites is 1. The van der Waals surface area contributed by atoms with Gasteiger partial charge in [0.05, 0.1) is 24.7 Å². The lowest BCUT2D eigenvalue weighted by Gasteiger charge is -2.32. The highest BCUT2D eigenvalue weighted by molar-refractivity contribution is 6.07. The fraction of sp³-hybridized carbons (Fsp3) is 0.227. The van der Waals surface area contributed by atoms with Gasteiger partial charge in [-0.25, -0.2) is 13.8 Å². The average molecular weight is 425 g/mol. The van der Waals surface area contributed by atoms with Crippen LogP contribution < -0.4 is 15.1 Å². The molecule has 0 unspecified atom stereocenters. The zero-order valence-corrected chi connectivity index (χ0v) is 17.1. The number of nitrogens with zero attached hydrogens (tertiary/aromatic N) is 4. The van der Waals surface area contributed by atoms with E-state index in [1.165, 1.54) is 18.2 Å². The highest BCUT2D eigenvalue weighted by Gasteiger charge is 2.32. The minimum Gasteiger partial charge on any atom is -0.395 e. The summed E-state index contributed by atoms with van der Waals surface area (Å²) in [5, 5.41) is 12.1. The third-order valence-corrected chi connectivity index (χ3v) is 5.12. The van der Waals surface area contributed by atoms with E-state index < -0.39 is 17.5 Å². The summed E-state index contributed by atoms with van der Waals surface area (Å²) in [6.07, 6.45) is 0. The molecule has 2 heterocycles. The van der Waals surface area contributed by atoms with Crippen LogP contribution in [-0.4, -0.2) is 47.8 Å². The number of aliphatic hydroxyl groups excluding tert-OH is 1. The van der Waals surface area contributed by atoms with Crippen molar-refractivity contribution >= 4 is 23.4 Å². The zero-order chi connectivity index (χ0) is 22.1. The first-order chi connectivity index (χ1) is 14.9. The van der Waals surface area contributed by atoms with E-state index in [1.54, 1.807) is 48.0 Å². The monoisotopic (exact) mass is 425 g/mol. The maximum absolute atomic E-state index is 14.6. The molecule has 2 N–H and O–H groups in total. The second-order valence-corrected chi connectivity index (χ2v) is 7.22. The van der Waals surface area contributed by atoms with Crippen LogP contribution in [-0.2, 0) is 0 Å². The van der Waals surface area contributed by atoms with Crippen molar-refractivity contribution in [2.45, 2.75) is 6.92 Å². The lowest BCUT2D eigenvalue weighted by Crippen LogP contribution is -2.43. The molecule has 0 aliphatic carbocycles. The molecule has 1 aromatic heterocycles. The minimum absolute atomic E-state index is 0.0226. The second kappa shape index (κ2) is 8.27. The molecular weight excluding hydrogens is 404 g/mol. The van der Waals surface area contributed by atoms with E-state index in [0.717, 1.165) is 0 Å². The molecule has 0 saturated carbocycles. The van der Waals surface area contributed by atoms with Crippen molar-refractivity contribution in [3.63, 3.8) is 0 Å². The molecule has 1 amide bonds. The summed E-state index contributed by atoms with van der Waals surface area (Å²) in [6, 6.07) is 10.4. The van der Waals surface area contributed by atoms with E-state index in [9.17, 15) is 18.7 Å². The number of anilines is 3. The Morgan fingerprint density at radius 3 is 2.68 bits per heavy atom. The van der Waals surface area contributed by atoms with Gasteiger partial charge in [-0.15, -0.1) is 0 Å². The van der Waals surface area contributed by atoms with E-state index in [0.29, 0.717) is 16.8 Å². The number of carbonyl (C=O) groups is 1. The standard InChI is InChI=1S/C22H21F2N5O2/c1-13-11-14(23)7-8-15(13)19-18-20(27-22(26-19)28(2)9-10-30)29(12-25-21(18)31)17-6-4-3-5-16(17)24/h3-8,11,30H,9-10,12H2,1-2H3,(H,25,31). The van der Waals surface area contributed by atoms with Crippen molar-refractivity contribution in [1.29, 1.82) is 0 Å². The van der Waals surface area contributed by atoms with Gasteiger partial charge in [-0.05, 0) is 42.8 Å². The SMILES string of the molecule is Cc1cc(F)ccc1-c1nc(N(C)CCO)nc2c1C(=O)NCN2c1ccccc1F. The van der Waals surface area contributed by atoms with Gasteiger partial charge in [-0.2, -0.15) is 4.98 Å². The lowest BCUT2D eigenvalue weighted by molar-refractivity contribution is 0.0949. The first-order valence-corrected chi connectivity index (χ1v) is 9.71. The first kappa shape index (κ1) is 20.7. The first-order valence-electron chi connectivity index (χ1n) is 9.71. The molecule has 0 atom stereocenters. The third kappa shape index (κ3) is 3.79. The Kier molecular flexibility index (Phi) is 5.51. The number of aryl methyl sites for hydroxylation is 1. The number of nitrogens with one attached hydrogen (secondary N) is 1. The summed E-state index contributed by atoms with van der Waals surface area (Å²) in [7, 11) is 1.70. The number of aromatic nitrogens is 2. The zero-order valence-electron chi connectivity index (χ0n) is 17.1. The van der Waals surface area contributed by atoms with Crippen molar-refractivity contribution in [3.05, 3.63) is 65.2 Å². The predicted molar refractivity (Wildman–Crippen MR) is 113 cm³/mol. The molecule has 0 fully saturated rings. The molecule has 0 saturated heterocycles. The average Bonchev–Trinajstić information content (AvgIpc) is 2.74. The maximum Gasteiger partial charge on any atom is 0.258 e. The van der Waals surface area contributed by atoms with Crippen LogP contribution in [0.25, 0.3) is 11.3 Å². The Balaban J connectivity index is 2.00. The third-order valence-electron chi connectivity index (χ3n) is 5.12. The van der Waals surface area contributed by atoms with Crippen LogP contribution in [0.15, 0.2) is 42.5 Å². The number of hydrogen-bond donors (Lipinski definition) is 2. The van der Waals surface area contributed by atoms with Gasteiger partial charge in [-0.1, -0.05) is 12.1 Å². The number of amides is 1. The molecule has 3 aromatic rings. The Labute approximate surface area is 178 Å². The predicted octanol–water partition coefficient (Wildman–Crippen LogP) is 3.00. The van der Waals surface area contributed by atoms with E-state index in [-0.39, 0.29) is 42.8 Å². The van der Waals surface area contributed by atoms with Crippen LogP contribution >= 0.6 is 0 Å². The number of carbonyl (C=O) groups excluding carboxylic acids is 1. The van der Waals surface area contributed by atoms with Crippen LogP contribution in [0, 0.1) is 18.6 Å². The fourth-order valence-electron chi connectivity index (χ4n) is 3.53. The van der Waals surface area contributed by atoms with E-state index in [4.69, 9.17) is 0 Å². The number of hydrogen-bond acceptors (Lipinski definition) is 6. The van der Waals surface area contributed by atoms with Gasteiger partial charge in [0.25, 0.3) is 5.91 Å². The number of benzene rings is 2. The van der Waals surface area contributed by atoms with E-state index in [2.05, 4.69) is 15.3 Å². The molecule has 31 heavy (non-hydrogen) atoms. The summed E-state index contributed by atoms with van der Waals surface area (Å²) < 4.78 is 28.3. The summed E-state index contributed by atoms with van der Waals surface area (Å²) >= 11 is 0. The molecule has 9 heteroatoms. The van der Waals surface area contributed by atoms with Crippen LogP contribution in [0.4, 0.5) is 26.2 Å². The van der Waals surface area contributed by atoms with Crippen molar-refractivity contribution < 1.29 is 18.7 Å². The molecular formula is C22H21F2N5O2. The van der Waals surface area contributed by atoms with Crippen molar-refractivity contribution in [3.8, 4) is 11.3 Å². The Bertz CT molecular complexity index is 1150. The highest BCUT2D eigenvalue weighted by Crippen LogP contribution is 2.37. The van der Waals surface area contributed by atoms with Crippen molar-refractivity contribution in [2.75, 3.05) is 36.7 Å². The van der Waals surface area contributed by atoms with Gasteiger partial charge in [0.1, 0.15) is 17.2 Å². The second-order valence-electron chi connectivity index (χ2n) is 7.22. The maximum atomic E-state index is 14.6. The van der Waals surface area contributed by atoms with Gasteiger partial charge < -0.3 is 20.2 Å². The molecule has 0 bridgehead atoms. The van der Waals surface area contributed by atoms with Crippen LogP contribution in [0.5, 0.6) is 0 Å². The number of halogens is 2. The number of fused-ring (bicyclic) bond motifs is 1. The normalized spacial score (nSPS) is 13.1. The summed E-state index contributed by atoms with van der Waals surface area (Å²) in [5.74, 6) is -0.783. The van der Waals surface area contributed by atoms with Gasteiger partial charge >= 0.3 is 0 Å². The molecule has 1 aliphatic heterocycles. The van der Waals surface area contributed by atoms with Gasteiger partial charge in [0.15, 0.2) is 5.82 Å². The smallest absolute Gasteiger partial charge is 0.258 e. The molecule has 2 aromatic carbocycles. The van der Waals surface area contributed by atoms with Crippen molar-refractivity contribution in [1.82, 2.24) is 15.3 Å². The highest BCUT2D eigenvalue weighted by atomic mass is 19.1. The van der Waals surface area contributed by atoms with Crippen LogP contribution in [0.3, 0.4) is 0 Å². The van der Waals surface area contributed by atoms with E-state index in [1.807, 2.05) is 0 Å². The number of rotatable bonds is 5. The summed E-state index contributed by atoms with van der Waals surface area (Å²) in [4.78, 5) is 25.2. The Hall–Kier alpha value is -3.59. The molecule has 0 radical (unpaired) electrons. The number of aliphatic hydroxyl groups is 1. The Morgan fingerprint density at radius 2 is 1.97 bits per heavy atom. The topological polar surface area (TPSA) is 81.6 Å². The van der Waals surface area contributed by atoms with Gasteiger partial charge in [0.2, 0.25) is 5.95 Å². The number of likely N-dealkylation sites (N-methyl/N-ethyl adjacent to an activating group) is 1. The molecule has 4 rings (SSSR count). The molecule has 160 valence electrons. The molecule has 7 nitrogen and oxygen atoms in total. The summed E-state index contributed by atoms with van der Waals surface area (Å²) in [5.41, 5.74) is 1.88. The fourth-order valence-corrected chi connectivity index (χ4v) is 3.53. The van der Waals surface area contributed by atoms with Crippen LogP contribution in [0.2, 0.25) is 0 Å². The van der Waals surface area contributed by atoms with Crippen LogP contribution in [0.1, 0.15) is 15.9 Å². The lowest BCUT2D eigenvalue weighted by atomic mass is 9.99. The van der Waals surface area contributed by atoms with Gasteiger partial charge in [0, 0.05) is 19.2 Å². The van der Waals surface area contributed by atoms with Crippen molar-refractivity contribution in [2.24, 2.45) is 0 Å². The van der Waals surface area contributed by atoms with Gasteiger partial charge in [-0.3, -0.25) is 4.79 Å². The largest absolute Gasteiger partial charge is 0.395 e. The summed E-state index contributed by atoms with van der Waals surface area (Å²) in [6.45, 7) is 1.88. The molecule has 1 aliphatic rings. The quantitative estimate of drug-likeness (QED) is 0.654. The molecule has 0 spiro atoms. The van der Waals surface area contributed by atoms with E-state index >= 15 is 0 Å².